The third-order valence-electron chi connectivity index (χ3n) is 3.73. The zero-order chi connectivity index (χ0) is 10.9. The van der Waals surface area contributed by atoms with E-state index in [1.165, 1.54) is 0 Å². The van der Waals surface area contributed by atoms with Gasteiger partial charge in [-0.3, -0.25) is 4.90 Å². The van der Waals surface area contributed by atoms with Crippen molar-refractivity contribution in [1.82, 2.24) is 9.80 Å². The molecular formula is C11H20F2N2. The summed E-state index contributed by atoms with van der Waals surface area (Å²) in [5.41, 5.74) is 0. The Morgan fingerprint density at radius 2 is 1.53 bits per heavy atom. The molecule has 2 saturated heterocycles. The Hall–Kier alpha value is -0.220. The van der Waals surface area contributed by atoms with E-state index in [1.54, 1.807) is 0 Å². The fourth-order valence-corrected chi connectivity index (χ4v) is 2.58. The SMILES string of the molecule is CN1CCC(N2CCC(F)(F)CC2)CC1. The lowest BCUT2D eigenvalue weighted by Gasteiger charge is -2.40. The van der Waals surface area contributed by atoms with Gasteiger partial charge < -0.3 is 4.90 Å². The molecule has 0 spiro atoms. The highest BCUT2D eigenvalue weighted by atomic mass is 19.3. The molecule has 2 nitrogen and oxygen atoms in total. The van der Waals surface area contributed by atoms with Gasteiger partial charge >= 0.3 is 0 Å². The van der Waals surface area contributed by atoms with E-state index in [0.717, 1.165) is 25.9 Å². The number of hydrogen-bond donors (Lipinski definition) is 0. The van der Waals surface area contributed by atoms with E-state index in [-0.39, 0.29) is 12.8 Å². The van der Waals surface area contributed by atoms with Crippen LogP contribution in [0.4, 0.5) is 8.78 Å². The molecule has 0 saturated carbocycles. The maximum atomic E-state index is 13.0. The Balaban J connectivity index is 1.80. The first-order valence-electron chi connectivity index (χ1n) is 5.87. The Morgan fingerprint density at radius 3 is 2.07 bits per heavy atom. The van der Waals surface area contributed by atoms with Crippen molar-refractivity contribution in [3.05, 3.63) is 0 Å². The molecule has 2 aliphatic rings. The molecular weight excluding hydrogens is 198 g/mol. The molecule has 0 aliphatic carbocycles. The molecule has 0 unspecified atom stereocenters. The largest absolute Gasteiger partial charge is 0.306 e. The third kappa shape index (κ3) is 2.88. The van der Waals surface area contributed by atoms with Crippen LogP contribution < -0.4 is 0 Å². The molecule has 15 heavy (non-hydrogen) atoms. The van der Waals surface area contributed by atoms with Crippen LogP contribution in [0.3, 0.4) is 0 Å². The highest BCUT2D eigenvalue weighted by Crippen LogP contribution is 2.30. The van der Waals surface area contributed by atoms with E-state index in [1.807, 2.05) is 0 Å². The van der Waals surface area contributed by atoms with Crippen molar-refractivity contribution in [3.63, 3.8) is 0 Å². The molecule has 0 amide bonds. The molecule has 2 fully saturated rings. The van der Waals surface area contributed by atoms with Crippen LogP contribution in [0.5, 0.6) is 0 Å². The standard InChI is InChI=1S/C11H20F2N2/c1-14-6-2-10(3-7-14)15-8-4-11(12,13)5-9-15/h10H,2-9H2,1H3. The van der Waals surface area contributed by atoms with Crippen LogP contribution in [-0.4, -0.2) is 55.0 Å². The van der Waals surface area contributed by atoms with Crippen LogP contribution >= 0.6 is 0 Å². The number of rotatable bonds is 1. The summed E-state index contributed by atoms with van der Waals surface area (Å²) in [5.74, 6) is -2.40. The minimum Gasteiger partial charge on any atom is -0.306 e. The third-order valence-corrected chi connectivity index (χ3v) is 3.73. The Kier molecular flexibility index (Phi) is 3.26. The Labute approximate surface area is 90.2 Å². The van der Waals surface area contributed by atoms with E-state index >= 15 is 0 Å². The molecule has 2 heterocycles. The van der Waals surface area contributed by atoms with Crippen molar-refractivity contribution >= 4 is 0 Å². The van der Waals surface area contributed by atoms with Crippen molar-refractivity contribution in [2.75, 3.05) is 33.2 Å². The zero-order valence-electron chi connectivity index (χ0n) is 9.38. The minimum absolute atomic E-state index is 0.0549. The lowest BCUT2D eigenvalue weighted by molar-refractivity contribution is -0.0670. The van der Waals surface area contributed by atoms with Crippen molar-refractivity contribution in [2.45, 2.75) is 37.6 Å². The second-order valence-electron chi connectivity index (χ2n) is 4.93. The van der Waals surface area contributed by atoms with Crippen LogP contribution in [0.15, 0.2) is 0 Å². The molecule has 0 aromatic carbocycles. The van der Waals surface area contributed by atoms with Gasteiger partial charge in [0, 0.05) is 32.0 Å². The van der Waals surface area contributed by atoms with E-state index in [0.29, 0.717) is 19.1 Å². The molecule has 0 bridgehead atoms. The summed E-state index contributed by atoms with van der Waals surface area (Å²) in [6, 6.07) is 0.553. The van der Waals surface area contributed by atoms with Crippen molar-refractivity contribution < 1.29 is 8.78 Å². The van der Waals surface area contributed by atoms with Crippen molar-refractivity contribution in [3.8, 4) is 0 Å². The Morgan fingerprint density at radius 1 is 1.00 bits per heavy atom. The number of hydrogen-bond acceptors (Lipinski definition) is 2. The predicted molar refractivity (Wildman–Crippen MR) is 56.3 cm³/mol. The molecule has 4 heteroatoms. The van der Waals surface area contributed by atoms with E-state index in [9.17, 15) is 8.78 Å². The molecule has 88 valence electrons. The number of likely N-dealkylation sites (tertiary alicyclic amines) is 2. The summed E-state index contributed by atoms with van der Waals surface area (Å²) < 4.78 is 25.9. The van der Waals surface area contributed by atoms with Crippen LogP contribution in [0.1, 0.15) is 25.7 Å². The number of nitrogens with zero attached hydrogens (tertiary/aromatic N) is 2. The first kappa shape index (κ1) is 11.3. The van der Waals surface area contributed by atoms with Gasteiger partial charge in [0.2, 0.25) is 0 Å². The van der Waals surface area contributed by atoms with Gasteiger partial charge in [0.05, 0.1) is 0 Å². The number of piperidine rings is 2. The molecule has 2 aliphatic heterocycles. The van der Waals surface area contributed by atoms with Crippen LogP contribution in [0.25, 0.3) is 0 Å². The van der Waals surface area contributed by atoms with Gasteiger partial charge in [0.25, 0.3) is 5.92 Å². The summed E-state index contributed by atoms with van der Waals surface area (Å²) in [6.07, 6.45) is 2.39. The quantitative estimate of drug-likeness (QED) is 0.662. The second kappa shape index (κ2) is 4.34. The number of alkyl halides is 2. The molecule has 0 N–H and O–H groups in total. The normalized spacial score (nSPS) is 30.6. The predicted octanol–water partition coefficient (Wildman–Crippen LogP) is 1.81. The lowest BCUT2D eigenvalue weighted by Crippen LogP contribution is -2.49. The van der Waals surface area contributed by atoms with E-state index < -0.39 is 5.92 Å². The van der Waals surface area contributed by atoms with Gasteiger partial charge in [-0.15, -0.1) is 0 Å². The maximum absolute atomic E-state index is 13.0. The fraction of sp³-hybridized carbons (Fsp3) is 1.00. The highest BCUT2D eigenvalue weighted by Gasteiger charge is 2.36. The summed E-state index contributed by atoms with van der Waals surface area (Å²) in [7, 11) is 2.13. The monoisotopic (exact) mass is 218 g/mol. The Bertz CT molecular complexity index is 203. The minimum atomic E-state index is -2.40. The summed E-state index contributed by atoms with van der Waals surface area (Å²) >= 11 is 0. The zero-order valence-corrected chi connectivity index (χ0v) is 9.38. The molecule has 0 aromatic heterocycles. The summed E-state index contributed by atoms with van der Waals surface area (Å²) in [5, 5.41) is 0. The van der Waals surface area contributed by atoms with Crippen molar-refractivity contribution in [2.24, 2.45) is 0 Å². The van der Waals surface area contributed by atoms with Crippen LogP contribution in [0, 0.1) is 0 Å². The van der Waals surface area contributed by atoms with Crippen LogP contribution in [-0.2, 0) is 0 Å². The van der Waals surface area contributed by atoms with Gasteiger partial charge in [-0.1, -0.05) is 0 Å². The molecule has 0 aromatic rings. The highest BCUT2D eigenvalue weighted by molar-refractivity contribution is 4.84. The second-order valence-corrected chi connectivity index (χ2v) is 4.93. The number of halogens is 2. The summed E-state index contributed by atoms with van der Waals surface area (Å²) in [4.78, 5) is 4.58. The molecule has 0 radical (unpaired) electrons. The van der Waals surface area contributed by atoms with Gasteiger partial charge in [-0.25, -0.2) is 8.78 Å². The van der Waals surface area contributed by atoms with Gasteiger partial charge in [-0.2, -0.15) is 0 Å². The van der Waals surface area contributed by atoms with Gasteiger partial charge in [0.1, 0.15) is 0 Å². The average Bonchev–Trinajstić information content (AvgIpc) is 2.20. The van der Waals surface area contributed by atoms with E-state index in [4.69, 9.17) is 0 Å². The molecule has 2 rings (SSSR count). The van der Waals surface area contributed by atoms with Crippen LogP contribution in [0.2, 0.25) is 0 Å². The van der Waals surface area contributed by atoms with Gasteiger partial charge in [-0.05, 0) is 33.0 Å². The fourth-order valence-electron chi connectivity index (χ4n) is 2.58. The average molecular weight is 218 g/mol. The van der Waals surface area contributed by atoms with Gasteiger partial charge in [0.15, 0.2) is 0 Å². The lowest BCUT2D eigenvalue weighted by atomic mass is 9.99. The first-order chi connectivity index (χ1) is 7.07. The van der Waals surface area contributed by atoms with E-state index in [2.05, 4.69) is 16.8 Å². The summed E-state index contributed by atoms with van der Waals surface area (Å²) in [6.45, 7) is 3.39. The van der Waals surface area contributed by atoms with Crippen molar-refractivity contribution in [1.29, 1.82) is 0 Å². The topological polar surface area (TPSA) is 6.48 Å². The first-order valence-corrected chi connectivity index (χ1v) is 5.87. The smallest absolute Gasteiger partial charge is 0.250 e. The molecule has 0 atom stereocenters. The maximum Gasteiger partial charge on any atom is 0.250 e.